The van der Waals surface area contributed by atoms with E-state index in [1.165, 1.54) is 12.1 Å². The van der Waals surface area contributed by atoms with E-state index in [4.69, 9.17) is 20.8 Å². The fourth-order valence-electron chi connectivity index (χ4n) is 2.38. The van der Waals surface area contributed by atoms with Gasteiger partial charge in [0.05, 0.1) is 10.6 Å². The SMILES string of the molecule is Cc1c(O)ccc2c(COC(=O)c3ccccc3Cl)cc(=O)oc12. The van der Waals surface area contributed by atoms with Gasteiger partial charge in [-0.15, -0.1) is 0 Å². The lowest BCUT2D eigenvalue weighted by Gasteiger charge is -2.09. The van der Waals surface area contributed by atoms with Gasteiger partial charge in [0.25, 0.3) is 0 Å². The van der Waals surface area contributed by atoms with E-state index in [1.54, 1.807) is 37.3 Å². The predicted molar refractivity (Wildman–Crippen MR) is 89.5 cm³/mol. The van der Waals surface area contributed by atoms with E-state index in [0.29, 0.717) is 21.5 Å². The average molecular weight is 345 g/mol. The van der Waals surface area contributed by atoms with Gasteiger partial charge in [0.15, 0.2) is 0 Å². The minimum Gasteiger partial charge on any atom is -0.508 e. The molecule has 0 aliphatic heterocycles. The van der Waals surface area contributed by atoms with Crippen LogP contribution in [0.2, 0.25) is 5.02 Å². The minimum absolute atomic E-state index is 0.0239. The molecule has 122 valence electrons. The standard InChI is InChI=1S/C18H13ClO5/c1-10-15(20)7-6-12-11(8-16(21)24-17(10)12)9-23-18(22)13-4-2-3-5-14(13)19/h2-8,20H,9H2,1H3. The third-order valence-corrected chi connectivity index (χ3v) is 4.00. The molecule has 0 saturated heterocycles. The first-order chi connectivity index (χ1) is 11.5. The van der Waals surface area contributed by atoms with Crippen LogP contribution in [0.5, 0.6) is 5.75 Å². The van der Waals surface area contributed by atoms with Crippen LogP contribution in [-0.4, -0.2) is 11.1 Å². The molecule has 1 heterocycles. The number of phenols is 1. The third-order valence-electron chi connectivity index (χ3n) is 3.67. The number of halogens is 1. The van der Waals surface area contributed by atoms with E-state index in [2.05, 4.69) is 0 Å². The molecular weight excluding hydrogens is 332 g/mol. The van der Waals surface area contributed by atoms with Crippen LogP contribution in [0, 0.1) is 6.92 Å². The van der Waals surface area contributed by atoms with Crippen LogP contribution >= 0.6 is 11.6 Å². The summed E-state index contributed by atoms with van der Waals surface area (Å²) in [5.74, 6) is -0.562. The Morgan fingerprint density at radius 2 is 2.00 bits per heavy atom. The normalized spacial score (nSPS) is 10.8. The summed E-state index contributed by atoms with van der Waals surface area (Å²) < 4.78 is 10.4. The van der Waals surface area contributed by atoms with Crippen molar-refractivity contribution in [3.63, 3.8) is 0 Å². The summed E-state index contributed by atoms with van der Waals surface area (Å²) in [5, 5.41) is 10.6. The topological polar surface area (TPSA) is 76.7 Å². The lowest BCUT2D eigenvalue weighted by Crippen LogP contribution is -2.08. The van der Waals surface area contributed by atoms with E-state index in [-0.39, 0.29) is 23.5 Å². The van der Waals surface area contributed by atoms with Crippen LogP contribution in [0.3, 0.4) is 0 Å². The second-order valence-corrected chi connectivity index (χ2v) is 5.64. The van der Waals surface area contributed by atoms with Crippen LogP contribution < -0.4 is 5.63 Å². The Kier molecular flexibility index (Phi) is 4.27. The highest BCUT2D eigenvalue weighted by molar-refractivity contribution is 6.33. The summed E-state index contributed by atoms with van der Waals surface area (Å²) in [7, 11) is 0. The highest BCUT2D eigenvalue weighted by Gasteiger charge is 2.14. The van der Waals surface area contributed by atoms with Gasteiger partial charge in [-0.05, 0) is 31.2 Å². The van der Waals surface area contributed by atoms with Gasteiger partial charge >= 0.3 is 11.6 Å². The van der Waals surface area contributed by atoms with Crippen molar-refractivity contribution in [2.75, 3.05) is 0 Å². The molecule has 2 aromatic carbocycles. The number of phenolic OH excluding ortho intramolecular Hbond substituents is 1. The maximum Gasteiger partial charge on any atom is 0.339 e. The Balaban J connectivity index is 1.94. The number of esters is 1. The Bertz CT molecular complexity index is 990. The van der Waals surface area contributed by atoms with Crippen molar-refractivity contribution in [2.45, 2.75) is 13.5 Å². The van der Waals surface area contributed by atoms with Crippen molar-refractivity contribution in [3.8, 4) is 5.75 Å². The van der Waals surface area contributed by atoms with Gasteiger partial charge in [0, 0.05) is 22.6 Å². The minimum atomic E-state index is -0.586. The predicted octanol–water partition coefficient (Wildman–Crippen LogP) is 3.82. The van der Waals surface area contributed by atoms with Crippen molar-refractivity contribution in [1.29, 1.82) is 0 Å². The van der Waals surface area contributed by atoms with E-state index < -0.39 is 11.6 Å². The number of carbonyl (C=O) groups excluding carboxylic acids is 1. The maximum atomic E-state index is 12.1. The van der Waals surface area contributed by atoms with Gasteiger partial charge in [-0.25, -0.2) is 9.59 Å². The molecule has 24 heavy (non-hydrogen) atoms. The van der Waals surface area contributed by atoms with Crippen molar-refractivity contribution >= 4 is 28.5 Å². The van der Waals surface area contributed by atoms with Crippen molar-refractivity contribution in [3.05, 3.63) is 74.6 Å². The average Bonchev–Trinajstić information content (AvgIpc) is 2.56. The van der Waals surface area contributed by atoms with Gasteiger partial charge < -0.3 is 14.3 Å². The number of rotatable bonds is 3. The van der Waals surface area contributed by atoms with E-state index in [1.807, 2.05) is 0 Å². The number of ether oxygens (including phenoxy) is 1. The number of hydrogen-bond donors (Lipinski definition) is 1. The molecule has 0 aliphatic rings. The van der Waals surface area contributed by atoms with Crippen molar-refractivity contribution in [1.82, 2.24) is 0 Å². The number of carbonyl (C=O) groups is 1. The maximum absolute atomic E-state index is 12.1. The molecule has 5 nitrogen and oxygen atoms in total. The summed E-state index contributed by atoms with van der Waals surface area (Å²) >= 11 is 5.97. The monoisotopic (exact) mass is 344 g/mol. The van der Waals surface area contributed by atoms with Crippen LogP contribution in [0.15, 0.2) is 51.7 Å². The quantitative estimate of drug-likeness (QED) is 0.577. The molecule has 0 amide bonds. The van der Waals surface area contributed by atoms with Gasteiger partial charge in [0.2, 0.25) is 0 Å². The van der Waals surface area contributed by atoms with Crippen LogP contribution in [0.1, 0.15) is 21.5 Å². The van der Waals surface area contributed by atoms with Gasteiger partial charge in [0.1, 0.15) is 17.9 Å². The molecule has 1 N–H and O–H groups in total. The summed E-state index contributed by atoms with van der Waals surface area (Å²) in [6.45, 7) is 1.52. The van der Waals surface area contributed by atoms with Crippen LogP contribution in [0.25, 0.3) is 11.0 Å². The number of aryl methyl sites for hydroxylation is 1. The largest absolute Gasteiger partial charge is 0.508 e. The third kappa shape index (κ3) is 2.98. The molecule has 1 aromatic heterocycles. The molecule has 6 heteroatoms. The molecule has 3 aromatic rings. The van der Waals surface area contributed by atoms with Crippen LogP contribution in [-0.2, 0) is 11.3 Å². The molecule has 0 bridgehead atoms. The Morgan fingerprint density at radius 1 is 1.25 bits per heavy atom. The molecule has 0 unspecified atom stereocenters. The first-order valence-corrected chi connectivity index (χ1v) is 7.52. The summed E-state index contributed by atoms with van der Waals surface area (Å²) in [5.41, 5.74) is 0.875. The number of aromatic hydroxyl groups is 1. The zero-order valence-electron chi connectivity index (χ0n) is 12.7. The molecular formula is C18H13ClO5. The Labute approximate surface area is 142 Å². The molecule has 0 saturated carbocycles. The highest BCUT2D eigenvalue weighted by atomic mass is 35.5. The molecule has 0 radical (unpaired) electrons. The van der Waals surface area contributed by atoms with Crippen LogP contribution in [0.4, 0.5) is 0 Å². The Morgan fingerprint density at radius 3 is 2.75 bits per heavy atom. The zero-order valence-corrected chi connectivity index (χ0v) is 13.5. The first-order valence-electron chi connectivity index (χ1n) is 7.14. The van der Waals surface area contributed by atoms with E-state index in [0.717, 1.165) is 0 Å². The van der Waals surface area contributed by atoms with E-state index >= 15 is 0 Å². The highest BCUT2D eigenvalue weighted by Crippen LogP contribution is 2.28. The molecule has 0 fully saturated rings. The van der Waals surface area contributed by atoms with Crippen molar-refractivity contribution < 1.29 is 19.1 Å². The van der Waals surface area contributed by atoms with Gasteiger partial charge in [-0.2, -0.15) is 0 Å². The number of fused-ring (bicyclic) bond motifs is 1. The summed E-state index contributed by atoms with van der Waals surface area (Å²) in [6, 6.07) is 10.9. The lowest BCUT2D eigenvalue weighted by molar-refractivity contribution is 0.0474. The molecule has 0 spiro atoms. The fourth-order valence-corrected chi connectivity index (χ4v) is 2.60. The lowest BCUT2D eigenvalue weighted by atomic mass is 10.1. The summed E-state index contributed by atoms with van der Waals surface area (Å²) in [6.07, 6.45) is 0. The molecule has 0 aliphatic carbocycles. The van der Waals surface area contributed by atoms with Gasteiger partial charge in [-0.3, -0.25) is 0 Å². The Hall–Kier alpha value is -2.79. The zero-order chi connectivity index (χ0) is 17.3. The number of hydrogen-bond acceptors (Lipinski definition) is 5. The second kappa shape index (κ2) is 6.37. The smallest absolute Gasteiger partial charge is 0.339 e. The first kappa shape index (κ1) is 16.1. The molecule has 3 rings (SSSR count). The number of benzene rings is 2. The summed E-state index contributed by atoms with van der Waals surface area (Å²) in [4.78, 5) is 23.9. The fraction of sp³-hybridized carbons (Fsp3) is 0.111. The molecule has 0 atom stereocenters. The van der Waals surface area contributed by atoms with Crippen molar-refractivity contribution in [2.24, 2.45) is 0 Å². The van der Waals surface area contributed by atoms with Gasteiger partial charge in [-0.1, -0.05) is 23.7 Å². The van der Waals surface area contributed by atoms with E-state index in [9.17, 15) is 14.7 Å². The second-order valence-electron chi connectivity index (χ2n) is 5.23.